The first-order chi connectivity index (χ1) is 12.6. The third-order valence-corrected chi connectivity index (χ3v) is 5.97. The number of halogens is 2. The molecule has 2 fully saturated rings. The molecule has 0 spiro atoms. The Kier molecular flexibility index (Phi) is 11.4. The van der Waals surface area contributed by atoms with Gasteiger partial charge in [-0.3, -0.25) is 9.69 Å². The molecule has 0 aromatic heterocycles. The number of benzene rings is 1. The van der Waals surface area contributed by atoms with Crippen LogP contribution in [0.4, 0.5) is 0 Å². The summed E-state index contributed by atoms with van der Waals surface area (Å²) in [6.45, 7) is 6.81. The zero-order chi connectivity index (χ0) is 18.4. The van der Waals surface area contributed by atoms with Gasteiger partial charge in [0.05, 0.1) is 0 Å². The van der Waals surface area contributed by atoms with Crippen LogP contribution in [0, 0.1) is 5.92 Å². The maximum atomic E-state index is 12.5. The molecule has 1 saturated heterocycles. The normalized spacial score (nSPS) is 22.6. The van der Waals surface area contributed by atoms with Crippen LogP contribution in [0.2, 0.25) is 0 Å². The van der Waals surface area contributed by atoms with Crippen molar-refractivity contribution in [2.24, 2.45) is 11.7 Å². The Labute approximate surface area is 182 Å². The predicted octanol–water partition coefficient (Wildman–Crippen LogP) is 2.62. The van der Waals surface area contributed by atoms with Crippen LogP contribution in [0.3, 0.4) is 0 Å². The van der Waals surface area contributed by atoms with E-state index in [0.29, 0.717) is 18.2 Å². The standard InChI is InChI=1S/C21H34N4O.2ClH/c1-23(17-18-6-3-2-4-7-18)10-11-24-12-14-25(15-13-24)21(26)16-19-8-5-9-20(19)22;;/h2-4,6-7,19-20H,5,8-17,22H2,1H3;2*1H/t19-,20+;;/m0../s1. The number of carbonyl (C=O) groups excluding carboxylic acids is 1. The highest BCUT2D eigenvalue weighted by Crippen LogP contribution is 2.27. The topological polar surface area (TPSA) is 52.8 Å². The number of hydrogen-bond acceptors (Lipinski definition) is 4. The van der Waals surface area contributed by atoms with Gasteiger partial charge in [-0.25, -0.2) is 0 Å². The van der Waals surface area contributed by atoms with E-state index < -0.39 is 0 Å². The fourth-order valence-electron chi connectivity index (χ4n) is 4.18. The second kappa shape index (κ2) is 12.7. The van der Waals surface area contributed by atoms with Gasteiger partial charge in [-0.2, -0.15) is 0 Å². The molecule has 0 unspecified atom stereocenters. The third-order valence-electron chi connectivity index (χ3n) is 5.97. The maximum Gasteiger partial charge on any atom is 0.222 e. The summed E-state index contributed by atoms with van der Waals surface area (Å²) in [4.78, 5) is 19.4. The number of amides is 1. The predicted molar refractivity (Wildman–Crippen MR) is 120 cm³/mol. The molecule has 1 aromatic rings. The Balaban J connectivity index is 0.00000196. The minimum absolute atomic E-state index is 0. The summed E-state index contributed by atoms with van der Waals surface area (Å²) < 4.78 is 0. The highest BCUT2D eigenvalue weighted by atomic mass is 35.5. The number of nitrogens with zero attached hydrogens (tertiary/aromatic N) is 3. The van der Waals surface area contributed by atoms with Gasteiger partial charge in [0.15, 0.2) is 0 Å². The summed E-state index contributed by atoms with van der Waals surface area (Å²) in [7, 11) is 2.18. The number of nitrogens with two attached hydrogens (primary N) is 1. The van der Waals surface area contributed by atoms with Crippen molar-refractivity contribution in [3.63, 3.8) is 0 Å². The average Bonchev–Trinajstić information content (AvgIpc) is 3.06. The molecule has 2 N–H and O–H groups in total. The van der Waals surface area contributed by atoms with Crippen LogP contribution >= 0.6 is 24.8 Å². The molecule has 28 heavy (non-hydrogen) atoms. The van der Waals surface area contributed by atoms with Gasteiger partial charge in [0.1, 0.15) is 0 Å². The van der Waals surface area contributed by atoms with Crippen molar-refractivity contribution >= 4 is 30.7 Å². The molecule has 1 saturated carbocycles. The molecular weight excluding hydrogens is 395 g/mol. The van der Waals surface area contributed by atoms with Gasteiger partial charge in [-0.15, -0.1) is 24.8 Å². The van der Waals surface area contributed by atoms with Crippen molar-refractivity contribution in [2.45, 2.75) is 38.3 Å². The summed E-state index contributed by atoms with van der Waals surface area (Å²) >= 11 is 0. The van der Waals surface area contributed by atoms with Gasteiger partial charge >= 0.3 is 0 Å². The first-order valence-corrected chi connectivity index (χ1v) is 10.1. The van der Waals surface area contributed by atoms with Crippen LogP contribution < -0.4 is 5.73 Å². The molecule has 1 heterocycles. The first-order valence-electron chi connectivity index (χ1n) is 10.1. The number of hydrogen-bond donors (Lipinski definition) is 1. The van der Waals surface area contributed by atoms with Crippen LogP contribution in [-0.2, 0) is 11.3 Å². The molecule has 5 nitrogen and oxygen atoms in total. The molecule has 0 bridgehead atoms. The van der Waals surface area contributed by atoms with Gasteiger partial charge < -0.3 is 15.5 Å². The Morgan fingerprint density at radius 1 is 1.11 bits per heavy atom. The van der Waals surface area contributed by atoms with E-state index >= 15 is 0 Å². The largest absolute Gasteiger partial charge is 0.340 e. The van der Waals surface area contributed by atoms with Crippen LogP contribution in [0.25, 0.3) is 0 Å². The molecule has 7 heteroatoms. The first kappa shape index (κ1) is 25.2. The van der Waals surface area contributed by atoms with E-state index in [4.69, 9.17) is 5.73 Å². The molecular formula is C21H36Cl2N4O. The Bertz CT molecular complexity index is 567. The number of carbonyl (C=O) groups is 1. The van der Waals surface area contributed by atoms with Gasteiger partial charge in [-0.1, -0.05) is 36.8 Å². The molecule has 1 aliphatic carbocycles. The van der Waals surface area contributed by atoms with Crippen LogP contribution in [0.15, 0.2) is 30.3 Å². The highest BCUT2D eigenvalue weighted by molar-refractivity contribution is 5.85. The minimum Gasteiger partial charge on any atom is -0.340 e. The van der Waals surface area contributed by atoms with E-state index in [1.165, 1.54) is 12.0 Å². The van der Waals surface area contributed by atoms with Gasteiger partial charge in [0.2, 0.25) is 5.91 Å². The SMILES string of the molecule is CN(CCN1CCN(C(=O)C[C@@H]2CCC[C@H]2N)CC1)Cc1ccccc1.Cl.Cl. The molecule has 2 aliphatic rings. The third kappa shape index (κ3) is 7.53. The molecule has 1 amide bonds. The second-order valence-electron chi connectivity index (χ2n) is 8.00. The Morgan fingerprint density at radius 3 is 2.39 bits per heavy atom. The molecule has 2 atom stereocenters. The van der Waals surface area contributed by atoms with Crippen molar-refractivity contribution in [3.05, 3.63) is 35.9 Å². The highest BCUT2D eigenvalue weighted by Gasteiger charge is 2.29. The van der Waals surface area contributed by atoms with Crippen molar-refractivity contribution in [1.29, 1.82) is 0 Å². The van der Waals surface area contributed by atoms with Crippen molar-refractivity contribution in [1.82, 2.24) is 14.7 Å². The second-order valence-corrected chi connectivity index (χ2v) is 8.00. The Morgan fingerprint density at radius 2 is 1.79 bits per heavy atom. The summed E-state index contributed by atoms with van der Waals surface area (Å²) in [6.07, 6.45) is 4.05. The summed E-state index contributed by atoms with van der Waals surface area (Å²) in [5.74, 6) is 0.723. The van der Waals surface area contributed by atoms with Gasteiger partial charge in [-0.05, 0) is 31.4 Å². The van der Waals surface area contributed by atoms with Crippen molar-refractivity contribution in [2.75, 3.05) is 46.3 Å². The average molecular weight is 431 g/mol. The van der Waals surface area contributed by atoms with Crippen LogP contribution in [0.1, 0.15) is 31.2 Å². The molecule has 1 aromatic carbocycles. The molecule has 160 valence electrons. The number of piperazine rings is 1. The molecule has 0 radical (unpaired) electrons. The lowest BCUT2D eigenvalue weighted by molar-refractivity contribution is -0.134. The maximum absolute atomic E-state index is 12.5. The lowest BCUT2D eigenvalue weighted by Crippen LogP contribution is -2.50. The van der Waals surface area contributed by atoms with E-state index in [2.05, 4.69) is 52.1 Å². The van der Waals surface area contributed by atoms with Crippen molar-refractivity contribution < 1.29 is 4.79 Å². The minimum atomic E-state index is 0. The smallest absolute Gasteiger partial charge is 0.222 e. The molecule has 3 rings (SSSR count). The number of likely N-dealkylation sites (N-methyl/N-ethyl adjacent to an activating group) is 1. The number of rotatable bonds is 7. The lowest BCUT2D eigenvalue weighted by atomic mass is 9.99. The van der Waals surface area contributed by atoms with Gasteiger partial charge in [0, 0.05) is 58.3 Å². The fraction of sp³-hybridized carbons (Fsp3) is 0.667. The fourth-order valence-corrected chi connectivity index (χ4v) is 4.18. The monoisotopic (exact) mass is 430 g/mol. The Hall–Kier alpha value is -0.850. The van der Waals surface area contributed by atoms with E-state index in [-0.39, 0.29) is 30.9 Å². The van der Waals surface area contributed by atoms with E-state index in [0.717, 1.165) is 58.7 Å². The summed E-state index contributed by atoms with van der Waals surface area (Å²) in [6, 6.07) is 10.8. The zero-order valence-electron chi connectivity index (χ0n) is 17.0. The van der Waals surface area contributed by atoms with Crippen molar-refractivity contribution in [3.8, 4) is 0 Å². The van der Waals surface area contributed by atoms with E-state index in [1.807, 2.05) is 0 Å². The van der Waals surface area contributed by atoms with E-state index in [1.54, 1.807) is 0 Å². The zero-order valence-corrected chi connectivity index (χ0v) is 18.6. The van der Waals surface area contributed by atoms with Crippen LogP contribution in [0.5, 0.6) is 0 Å². The van der Waals surface area contributed by atoms with Crippen LogP contribution in [-0.4, -0.2) is 73.0 Å². The quantitative estimate of drug-likeness (QED) is 0.721. The molecule has 1 aliphatic heterocycles. The summed E-state index contributed by atoms with van der Waals surface area (Å²) in [5.41, 5.74) is 7.48. The van der Waals surface area contributed by atoms with E-state index in [9.17, 15) is 4.79 Å². The lowest BCUT2D eigenvalue weighted by Gasteiger charge is -2.36. The summed E-state index contributed by atoms with van der Waals surface area (Å²) in [5, 5.41) is 0. The van der Waals surface area contributed by atoms with Gasteiger partial charge in [0.25, 0.3) is 0 Å².